The highest BCUT2D eigenvalue weighted by Gasteiger charge is 2.48. The van der Waals surface area contributed by atoms with Crippen LogP contribution in [0.3, 0.4) is 0 Å². The van der Waals surface area contributed by atoms with Gasteiger partial charge in [-0.25, -0.2) is 0 Å². The Morgan fingerprint density at radius 2 is 2.04 bits per heavy atom. The molecule has 1 aromatic heterocycles. The Kier molecular flexibility index (Phi) is 3.78. The summed E-state index contributed by atoms with van der Waals surface area (Å²) in [6.45, 7) is 3.75. The fraction of sp³-hybridized carbons (Fsp3) is 0.412. The van der Waals surface area contributed by atoms with Crippen LogP contribution in [0.4, 0.5) is 13.2 Å². The smallest absolute Gasteiger partial charge is 0.327 e. The summed E-state index contributed by atoms with van der Waals surface area (Å²) in [5, 5.41) is 0.605. The normalized spacial score (nSPS) is 18.7. The van der Waals surface area contributed by atoms with Crippen LogP contribution in [0.1, 0.15) is 34.5 Å². The number of hydrogen-bond donors (Lipinski definition) is 0. The molecule has 1 aromatic carbocycles. The van der Waals surface area contributed by atoms with E-state index in [1.54, 1.807) is 25.1 Å². The number of para-hydroxylation sites is 1. The lowest BCUT2D eigenvalue weighted by molar-refractivity contribution is -0.169. The van der Waals surface area contributed by atoms with Crippen molar-refractivity contribution in [3.63, 3.8) is 0 Å². The lowest BCUT2D eigenvalue weighted by Crippen LogP contribution is -2.44. The summed E-state index contributed by atoms with van der Waals surface area (Å²) in [5.41, 5.74) is 2.48. The molecule has 122 valence electrons. The molecule has 2 heterocycles. The molecule has 1 aliphatic rings. The van der Waals surface area contributed by atoms with Crippen LogP contribution in [0.15, 0.2) is 24.3 Å². The average molecular weight is 322 g/mol. The minimum atomic E-state index is -4.39. The molecule has 23 heavy (non-hydrogen) atoms. The first-order valence-electron chi connectivity index (χ1n) is 7.53. The van der Waals surface area contributed by atoms with Crippen molar-refractivity contribution in [1.29, 1.82) is 0 Å². The molecule has 1 unspecified atom stereocenters. The number of carbonyl (C=O) groups excluding carboxylic acids is 1. The van der Waals surface area contributed by atoms with Crippen LogP contribution in [0, 0.1) is 13.8 Å². The van der Waals surface area contributed by atoms with Crippen molar-refractivity contribution < 1.29 is 18.0 Å². The van der Waals surface area contributed by atoms with Gasteiger partial charge in [-0.3, -0.25) is 9.78 Å². The molecule has 6 heteroatoms. The van der Waals surface area contributed by atoms with Gasteiger partial charge in [0.15, 0.2) is 0 Å². The summed E-state index contributed by atoms with van der Waals surface area (Å²) in [6.07, 6.45) is -4.05. The molecule has 0 saturated carbocycles. The standard InChI is InChI=1S/C17H17F3N2O/c1-10-5-3-6-12-13(9-11(2)21-15(10)12)16(23)22-8-4-7-14(22)17(18,19)20/h3,5-6,9,14H,4,7-8H2,1-2H3. The van der Waals surface area contributed by atoms with E-state index < -0.39 is 18.1 Å². The minimum Gasteiger partial charge on any atom is -0.327 e. The van der Waals surface area contributed by atoms with Gasteiger partial charge in [0.05, 0.1) is 11.1 Å². The Bertz CT molecular complexity index is 770. The number of amides is 1. The molecule has 0 spiro atoms. The van der Waals surface area contributed by atoms with Crippen molar-refractivity contribution >= 4 is 16.8 Å². The lowest BCUT2D eigenvalue weighted by Gasteiger charge is -2.27. The van der Waals surface area contributed by atoms with Crippen molar-refractivity contribution in [2.75, 3.05) is 6.54 Å². The van der Waals surface area contributed by atoms with Gasteiger partial charge >= 0.3 is 6.18 Å². The second kappa shape index (κ2) is 5.51. The Labute approximate surface area is 132 Å². The zero-order chi connectivity index (χ0) is 16.8. The molecule has 2 aromatic rings. The van der Waals surface area contributed by atoms with Crippen molar-refractivity contribution in [3.8, 4) is 0 Å². The van der Waals surface area contributed by atoms with Gasteiger partial charge in [0, 0.05) is 17.6 Å². The monoisotopic (exact) mass is 322 g/mol. The van der Waals surface area contributed by atoms with Crippen molar-refractivity contribution in [1.82, 2.24) is 9.88 Å². The molecule has 3 rings (SSSR count). The number of nitrogens with zero attached hydrogens (tertiary/aromatic N) is 2. The highest BCUT2D eigenvalue weighted by molar-refractivity contribution is 6.07. The third-order valence-corrected chi connectivity index (χ3v) is 4.29. The number of carbonyl (C=O) groups is 1. The molecule has 1 atom stereocenters. The lowest BCUT2D eigenvalue weighted by atomic mass is 10.0. The zero-order valence-electron chi connectivity index (χ0n) is 12.9. The maximum absolute atomic E-state index is 13.1. The van der Waals surface area contributed by atoms with Crippen LogP contribution in [-0.4, -0.2) is 34.6 Å². The van der Waals surface area contributed by atoms with Crippen molar-refractivity contribution in [2.24, 2.45) is 0 Å². The number of fused-ring (bicyclic) bond motifs is 1. The van der Waals surface area contributed by atoms with E-state index in [-0.39, 0.29) is 13.0 Å². The zero-order valence-corrected chi connectivity index (χ0v) is 12.9. The summed E-state index contributed by atoms with van der Waals surface area (Å²) in [5.74, 6) is -0.564. The van der Waals surface area contributed by atoms with E-state index in [4.69, 9.17) is 0 Å². The molecule has 1 aliphatic heterocycles. The van der Waals surface area contributed by atoms with Crippen LogP contribution < -0.4 is 0 Å². The third-order valence-electron chi connectivity index (χ3n) is 4.29. The molecule has 0 bridgehead atoms. The maximum atomic E-state index is 13.1. The van der Waals surface area contributed by atoms with E-state index in [1.165, 1.54) is 0 Å². The highest BCUT2D eigenvalue weighted by Crippen LogP contribution is 2.34. The van der Waals surface area contributed by atoms with E-state index in [9.17, 15) is 18.0 Å². The van der Waals surface area contributed by atoms with Gasteiger partial charge in [-0.15, -0.1) is 0 Å². The Hall–Kier alpha value is -2.11. The minimum absolute atomic E-state index is 0.0315. The first kappa shape index (κ1) is 15.8. The predicted octanol–water partition coefficient (Wildman–Crippen LogP) is 4.02. The molecule has 1 amide bonds. The number of pyridine rings is 1. The second-order valence-electron chi connectivity index (χ2n) is 5.98. The highest BCUT2D eigenvalue weighted by atomic mass is 19.4. The first-order valence-corrected chi connectivity index (χ1v) is 7.53. The molecule has 1 saturated heterocycles. The number of likely N-dealkylation sites (tertiary alicyclic amines) is 1. The molecule has 0 aliphatic carbocycles. The van der Waals surface area contributed by atoms with Crippen LogP contribution in [-0.2, 0) is 0 Å². The van der Waals surface area contributed by atoms with E-state index in [1.807, 2.05) is 13.0 Å². The number of aryl methyl sites for hydroxylation is 2. The number of benzene rings is 1. The third kappa shape index (κ3) is 2.78. The van der Waals surface area contributed by atoms with E-state index >= 15 is 0 Å². The second-order valence-corrected chi connectivity index (χ2v) is 5.98. The van der Waals surface area contributed by atoms with Gasteiger partial charge in [0.25, 0.3) is 5.91 Å². The topological polar surface area (TPSA) is 33.2 Å². The van der Waals surface area contributed by atoms with E-state index in [0.717, 1.165) is 10.5 Å². The maximum Gasteiger partial charge on any atom is 0.408 e. The summed E-state index contributed by atoms with van der Waals surface area (Å²) in [7, 11) is 0. The SMILES string of the molecule is Cc1cc(C(=O)N2CCCC2C(F)(F)F)c2cccc(C)c2n1. The summed E-state index contributed by atoms with van der Waals surface area (Å²) in [6, 6.07) is 5.29. The summed E-state index contributed by atoms with van der Waals surface area (Å²) >= 11 is 0. The van der Waals surface area contributed by atoms with Gasteiger partial charge in [-0.1, -0.05) is 18.2 Å². The summed E-state index contributed by atoms with van der Waals surface area (Å²) in [4.78, 5) is 18.2. The van der Waals surface area contributed by atoms with Gasteiger partial charge in [-0.2, -0.15) is 13.2 Å². The number of rotatable bonds is 1. The van der Waals surface area contributed by atoms with Crippen LogP contribution in [0.5, 0.6) is 0 Å². The fourth-order valence-electron chi connectivity index (χ4n) is 3.20. The molecule has 1 fully saturated rings. The summed E-state index contributed by atoms with van der Waals surface area (Å²) < 4.78 is 39.4. The molecule has 0 radical (unpaired) electrons. The number of alkyl halides is 3. The van der Waals surface area contributed by atoms with Crippen LogP contribution in [0.25, 0.3) is 10.9 Å². The first-order chi connectivity index (χ1) is 10.8. The van der Waals surface area contributed by atoms with Crippen molar-refractivity contribution in [2.45, 2.75) is 38.9 Å². The van der Waals surface area contributed by atoms with Gasteiger partial charge in [0.2, 0.25) is 0 Å². The fourth-order valence-corrected chi connectivity index (χ4v) is 3.20. The molecular weight excluding hydrogens is 305 g/mol. The Morgan fingerprint density at radius 1 is 1.30 bits per heavy atom. The Morgan fingerprint density at radius 3 is 2.74 bits per heavy atom. The number of halogens is 3. The molecule has 0 N–H and O–H groups in total. The van der Waals surface area contributed by atoms with E-state index in [0.29, 0.717) is 28.6 Å². The van der Waals surface area contributed by atoms with Crippen LogP contribution >= 0.6 is 0 Å². The van der Waals surface area contributed by atoms with Crippen molar-refractivity contribution in [3.05, 3.63) is 41.1 Å². The predicted molar refractivity (Wildman–Crippen MR) is 81.3 cm³/mol. The largest absolute Gasteiger partial charge is 0.408 e. The average Bonchev–Trinajstić information content (AvgIpc) is 2.96. The van der Waals surface area contributed by atoms with Gasteiger partial charge in [-0.05, 0) is 38.3 Å². The Balaban J connectivity index is 2.10. The molecule has 3 nitrogen and oxygen atoms in total. The number of hydrogen-bond acceptors (Lipinski definition) is 2. The van der Waals surface area contributed by atoms with Crippen LogP contribution in [0.2, 0.25) is 0 Å². The number of aromatic nitrogens is 1. The van der Waals surface area contributed by atoms with Gasteiger partial charge in [0.1, 0.15) is 6.04 Å². The van der Waals surface area contributed by atoms with E-state index in [2.05, 4.69) is 4.98 Å². The molecular formula is C17H17F3N2O. The quantitative estimate of drug-likeness (QED) is 0.794. The van der Waals surface area contributed by atoms with Gasteiger partial charge < -0.3 is 4.90 Å².